The molecule has 0 saturated carbocycles. The molecule has 3 aromatic rings. The van der Waals surface area contributed by atoms with Gasteiger partial charge in [-0.1, -0.05) is 18.2 Å². The zero-order valence-electron chi connectivity index (χ0n) is 15.6. The first-order valence-corrected chi connectivity index (χ1v) is 9.52. The first-order valence-electron chi connectivity index (χ1n) is 9.52. The van der Waals surface area contributed by atoms with E-state index in [9.17, 15) is 0 Å². The van der Waals surface area contributed by atoms with Crippen LogP contribution < -0.4 is 9.47 Å². The Balaban J connectivity index is 1.23. The van der Waals surface area contributed by atoms with E-state index < -0.39 is 0 Å². The number of nitrogens with zero attached hydrogens (tertiary/aromatic N) is 3. The fraction of sp³-hybridized carbons (Fsp3) is 0.381. The van der Waals surface area contributed by atoms with Gasteiger partial charge in [-0.2, -0.15) is 5.10 Å². The summed E-state index contributed by atoms with van der Waals surface area (Å²) in [6, 6.07) is 11.7. The summed E-state index contributed by atoms with van der Waals surface area (Å²) in [5.41, 5.74) is 1.85. The molecule has 1 fully saturated rings. The largest absolute Gasteiger partial charge is 0.488 e. The molecule has 1 unspecified atom stereocenters. The average molecular weight is 381 g/mol. The quantitative estimate of drug-likeness (QED) is 0.553. The minimum atomic E-state index is -0.129. The molecule has 3 heterocycles. The molecule has 0 aliphatic carbocycles. The summed E-state index contributed by atoms with van der Waals surface area (Å²) in [6.45, 7) is 1.94. The second-order valence-corrected chi connectivity index (χ2v) is 6.57. The zero-order chi connectivity index (χ0) is 19.0. The molecule has 7 heteroatoms. The van der Waals surface area contributed by atoms with Gasteiger partial charge >= 0.3 is 0 Å². The van der Waals surface area contributed by atoms with Crippen LogP contribution in [0.5, 0.6) is 11.6 Å². The molecule has 0 amide bonds. The first kappa shape index (κ1) is 18.6. The second-order valence-electron chi connectivity index (χ2n) is 6.57. The van der Waals surface area contributed by atoms with E-state index in [1.54, 1.807) is 12.4 Å². The Morgan fingerprint density at radius 1 is 1.04 bits per heavy atom. The molecule has 0 N–H and O–H groups in total. The fourth-order valence-corrected chi connectivity index (χ4v) is 3.00. The third-order valence-electron chi connectivity index (χ3n) is 4.43. The van der Waals surface area contributed by atoms with E-state index in [1.807, 2.05) is 36.4 Å². The molecular weight excluding hydrogens is 358 g/mol. The Morgan fingerprint density at radius 3 is 2.89 bits per heavy atom. The highest BCUT2D eigenvalue weighted by Crippen LogP contribution is 2.18. The molecule has 2 aromatic heterocycles. The number of hydrogen-bond donors (Lipinski definition) is 0. The molecule has 1 aliphatic rings. The van der Waals surface area contributed by atoms with Crippen LogP contribution in [0.1, 0.15) is 24.8 Å². The molecule has 7 nitrogen and oxygen atoms in total. The summed E-state index contributed by atoms with van der Waals surface area (Å²) >= 11 is 0. The van der Waals surface area contributed by atoms with Gasteiger partial charge in [-0.05, 0) is 31.4 Å². The van der Waals surface area contributed by atoms with Crippen LogP contribution in [0, 0.1) is 0 Å². The molecule has 28 heavy (non-hydrogen) atoms. The number of benzene rings is 1. The van der Waals surface area contributed by atoms with Crippen molar-refractivity contribution in [3.63, 3.8) is 0 Å². The highest BCUT2D eigenvalue weighted by atomic mass is 16.7. The summed E-state index contributed by atoms with van der Waals surface area (Å²) in [6.07, 6.45) is 6.44. The van der Waals surface area contributed by atoms with Gasteiger partial charge in [0, 0.05) is 23.6 Å². The van der Waals surface area contributed by atoms with Crippen LogP contribution in [0.25, 0.3) is 10.9 Å². The Kier molecular flexibility index (Phi) is 6.26. The number of ether oxygens (including phenoxy) is 4. The standard InChI is InChI=1S/C21H23N3O4/c1-2-6-19-17(5-1)12-18(14-22-19)25-9-10-26-20-11-16(13-23-24-20)15-28-21-7-3-4-8-27-21/h1-2,5-6,11-14,21H,3-4,7-10,15H2. The van der Waals surface area contributed by atoms with E-state index in [-0.39, 0.29) is 6.29 Å². The third-order valence-corrected chi connectivity index (χ3v) is 4.43. The number of pyridine rings is 1. The van der Waals surface area contributed by atoms with Crippen molar-refractivity contribution in [2.24, 2.45) is 0 Å². The Hall–Kier alpha value is -2.77. The van der Waals surface area contributed by atoms with Gasteiger partial charge in [0.1, 0.15) is 19.0 Å². The molecule has 0 spiro atoms. The molecule has 1 saturated heterocycles. The summed E-state index contributed by atoms with van der Waals surface area (Å²) in [4.78, 5) is 4.38. The maximum Gasteiger partial charge on any atom is 0.233 e. The maximum absolute atomic E-state index is 5.77. The lowest BCUT2D eigenvalue weighted by Crippen LogP contribution is -2.22. The summed E-state index contributed by atoms with van der Waals surface area (Å²) in [5, 5.41) is 9.01. The average Bonchev–Trinajstić information content (AvgIpc) is 2.76. The van der Waals surface area contributed by atoms with Gasteiger partial charge in [-0.3, -0.25) is 4.98 Å². The lowest BCUT2D eigenvalue weighted by Gasteiger charge is -2.22. The van der Waals surface area contributed by atoms with Gasteiger partial charge < -0.3 is 18.9 Å². The molecular formula is C21H23N3O4. The molecule has 0 radical (unpaired) electrons. The van der Waals surface area contributed by atoms with E-state index in [4.69, 9.17) is 18.9 Å². The highest BCUT2D eigenvalue weighted by Gasteiger charge is 2.14. The van der Waals surface area contributed by atoms with E-state index in [1.165, 1.54) is 0 Å². The number of rotatable bonds is 8. The molecule has 146 valence electrons. The molecule has 1 aromatic carbocycles. The van der Waals surface area contributed by atoms with Crippen LogP contribution in [0.4, 0.5) is 0 Å². The van der Waals surface area contributed by atoms with Gasteiger partial charge in [0.15, 0.2) is 6.29 Å². The van der Waals surface area contributed by atoms with Crippen molar-refractivity contribution >= 4 is 10.9 Å². The van der Waals surface area contributed by atoms with Crippen LogP contribution in [-0.2, 0) is 16.1 Å². The second kappa shape index (κ2) is 9.43. The first-order chi connectivity index (χ1) is 13.9. The van der Waals surface area contributed by atoms with E-state index in [2.05, 4.69) is 15.2 Å². The number of para-hydroxylation sites is 1. The number of hydrogen-bond acceptors (Lipinski definition) is 7. The Morgan fingerprint density at radius 2 is 1.96 bits per heavy atom. The molecule has 1 aliphatic heterocycles. The predicted molar refractivity (Wildman–Crippen MR) is 103 cm³/mol. The minimum absolute atomic E-state index is 0.129. The van der Waals surface area contributed by atoms with Crippen LogP contribution in [-0.4, -0.2) is 41.3 Å². The van der Waals surface area contributed by atoms with Crippen molar-refractivity contribution in [2.45, 2.75) is 32.2 Å². The number of aromatic nitrogens is 3. The lowest BCUT2D eigenvalue weighted by atomic mass is 10.2. The maximum atomic E-state index is 5.77. The highest BCUT2D eigenvalue weighted by molar-refractivity contribution is 5.79. The van der Waals surface area contributed by atoms with Crippen molar-refractivity contribution < 1.29 is 18.9 Å². The van der Waals surface area contributed by atoms with E-state index in [0.29, 0.717) is 31.5 Å². The fourth-order valence-electron chi connectivity index (χ4n) is 3.00. The molecule has 0 bridgehead atoms. The molecule has 4 rings (SSSR count). The predicted octanol–water partition coefficient (Wildman–Crippen LogP) is 3.53. The smallest absolute Gasteiger partial charge is 0.233 e. The zero-order valence-corrected chi connectivity index (χ0v) is 15.6. The van der Waals surface area contributed by atoms with Gasteiger partial charge in [0.2, 0.25) is 5.88 Å². The van der Waals surface area contributed by atoms with Crippen molar-refractivity contribution in [3.05, 3.63) is 54.4 Å². The van der Waals surface area contributed by atoms with Crippen LogP contribution in [0.2, 0.25) is 0 Å². The summed E-state index contributed by atoms with van der Waals surface area (Å²) < 4.78 is 22.7. The van der Waals surface area contributed by atoms with E-state index in [0.717, 1.165) is 42.3 Å². The number of fused-ring (bicyclic) bond motifs is 1. The van der Waals surface area contributed by atoms with Gasteiger partial charge in [0.05, 0.1) is 24.5 Å². The normalized spacial score (nSPS) is 16.8. The lowest BCUT2D eigenvalue weighted by molar-refractivity contribution is -0.169. The Labute approximate surface area is 163 Å². The van der Waals surface area contributed by atoms with Gasteiger partial charge in [0.25, 0.3) is 0 Å². The Bertz CT molecular complexity index is 899. The van der Waals surface area contributed by atoms with Crippen LogP contribution >= 0.6 is 0 Å². The van der Waals surface area contributed by atoms with Crippen molar-refractivity contribution in [1.82, 2.24) is 15.2 Å². The SMILES string of the molecule is c1ccc2ncc(OCCOc3cc(COC4CCCCO4)cnn3)cc2c1. The van der Waals surface area contributed by atoms with Crippen LogP contribution in [0.3, 0.4) is 0 Å². The third kappa shape index (κ3) is 5.15. The van der Waals surface area contributed by atoms with Crippen molar-refractivity contribution in [1.29, 1.82) is 0 Å². The summed E-state index contributed by atoms with van der Waals surface area (Å²) in [7, 11) is 0. The van der Waals surface area contributed by atoms with Crippen molar-refractivity contribution in [3.8, 4) is 11.6 Å². The monoisotopic (exact) mass is 381 g/mol. The van der Waals surface area contributed by atoms with Gasteiger partial charge in [-0.15, -0.1) is 5.10 Å². The topological polar surface area (TPSA) is 75.6 Å². The van der Waals surface area contributed by atoms with Crippen LogP contribution in [0.15, 0.2) is 48.8 Å². The van der Waals surface area contributed by atoms with E-state index >= 15 is 0 Å². The molecule has 1 atom stereocenters. The van der Waals surface area contributed by atoms with Crippen molar-refractivity contribution in [2.75, 3.05) is 19.8 Å². The minimum Gasteiger partial charge on any atom is -0.488 e. The van der Waals surface area contributed by atoms with Gasteiger partial charge in [-0.25, -0.2) is 0 Å². The summed E-state index contributed by atoms with van der Waals surface area (Å²) in [5.74, 6) is 1.16.